The van der Waals surface area contributed by atoms with Gasteiger partial charge in [-0.05, 0) is 55.3 Å². The van der Waals surface area contributed by atoms with Crippen LogP contribution in [0, 0.1) is 6.92 Å². The van der Waals surface area contributed by atoms with Crippen LogP contribution in [0.25, 0.3) is 10.9 Å². The Kier molecular flexibility index (Phi) is 7.55. The second-order valence-corrected chi connectivity index (χ2v) is 10.2. The van der Waals surface area contributed by atoms with Gasteiger partial charge in [0, 0.05) is 24.7 Å². The summed E-state index contributed by atoms with van der Waals surface area (Å²) in [7, 11) is -2.59. The molecule has 0 aliphatic heterocycles. The van der Waals surface area contributed by atoms with Crippen molar-refractivity contribution >= 4 is 32.5 Å². The van der Waals surface area contributed by atoms with Crippen LogP contribution in [-0.4, -0.2) is 44.4 Å². The zero-order valence-corrected chi connectivity index (χ0v) is 21.4. The van der Waals surface area contributed by atoms with Crippen LogP contribution in [0.3, 0.4) is 0 Å². The maximum Gasteiger partial charge on any atom is 0.265 e. The van der Waals surface area contributed by atoms with E-state index in [4.69, 9.17) is 4.74 Å². The summed E-state index contributed by atoms with van der Waals surface area (Å²) >= 11 is 0. The maximum atomic E-state index is 13.9. The van der Waals surface area contributed by atoms with E-state index in [9.17, 15) is 13.2 Å². The molecule has 0 radical (unpaired) electrons. The SMILES string of the molecule is CCN(Cc1ccnc2ccccc12)C(=O)CN(c1ccccc1OC)S(=O)(=O)c1ccccc1C. The number of nitrogens with zero attached hydrogens (tertiary/aromatic N) is 3. The second kappa shape index (κ2) is 10.8. The average molecular weight is 504 g/mol. The van der Waals surface area contributed by atoms with Crippen molar-refractivity contribution < 1.29 is 17.9 Å². The fourth-order valence-electron chi connectivity index (χ4n) is 4.20. The first-order chi connectivity index (χ1) is 17.4. The highest BCUT2D eigenvalue weighted by Gasteiger charge is 2.31. The third-order valence-electron chi connectivity index (χ3n) is 6.13. The number of ether oxygens (including phenoxy) is 1. The number of pyridine rings is 1. The van der Waals surface area contributed by atoms with Gasteiger partial charge in [-0.2, -0.15) is 0 Å². The Hall–Kier alpha value is -3.91. The molecule has 1 amide bonds. The lowest BCUT2D eigenvalue weighted by Crippen LogP contribution is -2.43. The predicted octanol–water partition coefficient (Wildman–Crippen LogP) is 4.80. The molecule has 0 N–H and O–H groups in total. The molecule has 36 heavy (non-hydrogen) atoms. The molecule has 0 saturated heterocycles. The van der Waals surface area contributed by atoms with Gasteiger partial charge in [-0.3, -0.25) is 14.1 Å². The Morgan fingerprint density at radius 2 is 1.64 bits per heavy atom. The lowest BCUT2D eigenvalue weighted by molar-refractivity contribution is -0.129. The molecule has 0 atom stereocenters. The molecule has 0 unspecified atom stereocenters. The van der Waals surface area contributed by atoms with E-state index in [2.05, 4.69) is 4.98 Å². The first-order valence-electron chi connectivity index (χ1n) is 11.7. The summed E-state index contributed by atoms with van der Waals surface area (Å²) in [4.78, 5) is 19.8. The molecule has 186 valence electrons. The number of benzene rings is 3. The number of carbonyl (C=O) groups is 1. The van der Waals surface area contributed by atoms with Crippen molar-refractivity contribution in [2.24, 2.45) is 0 Å². The van der Waals surface area contributed by atoms with Crippen LogP contribution in [0.5, 0.6) is 5.75 Å². The van der Waals surface area contributed by atoms with Gasteiger partial charge in [-0.1, -0.05) is 48.5 Å². The monoisotopic (exact) mass is 503 g/mol. The third kappa shape index (κ3) is 5.04. The first-order valence-corrected chi connectivity index (χ1v) is 13.1. The predicted molar refractivity (Wildman–Crippen MR) is 142 cm³/mol. The lowest BCUT2D eigenvalue weighted by Gasteiger charge is -2.29. The number of aryl methyl sites for hydroxylation is 1. The number of sulfonamides is 1. The Bertz CT molecular complexity index is 1480. The summed E-state index contributed by atoms with van der Waals surface area (Å²) < 4.78 is 34.4. The van der Waals surface area contributed by atoms with Crippen molar-refractivity contribution in [2.45, 2.75) is 25.3 Å². The van der Waals surface area contributed by atoms with Crippen molar-refractivity contribution in [3.8, 4) is 5.75 Å². The molecule has 4 rings (SSSR count). The molecule has 4 aromatic rings. The summed E-state index contributed by atoms with van der Waals surface area (Å²) in [5, 5.41) is 0.959. The van der Waals surface area contributed by atoms with Crippen LogP contribution in [0.15, 0.2) is 90.0 Å². The molecule has 0 fully saturated rings. The molecule has 0 bridgehead atoms. The van der Waals surface area contributed by atoms with E-state index >= 15 is 0 Å². The minimum Gasteiger partial charge on any atom is -0.495 e. The van der Waals surface area contributed by atoms with Gasteiger partial charge in [0.1, 0.15) is 12.3 Å². The first kappa shape index (κ1) is 25.2. The number of carbonyl (C=O) groups excluding carboxylic acids is 1. The largest absolute Gasteiger partial charge is 0.495 e. The molecule has 8 heteroatoms. The number of para-hydroxylation sites is 3. The molecule has 0 saturated carbocycles. The van der Waals surface area contributed by atoms with E-state index in [1.54, 1.807) is 66.6 Å². The van der Waals surface area contributed by atoms with E-state index in [0.717, 1.165) is 20.8 Å². The number of methoxy groups -OCH3 is 1. The van der Waals surface area contributed by atoms with Gasteiger partial charge in [-0.25, -0.2) is 8.42 Å². The van der Waals surface area contributed by atoms with Crippen LogP contribution >= 0.6 is 0 Å². The number of anilines is 1. The van der Waals surface area contributed by atoms with Crippen LogP contribution in [0.2, 0.25) is 0 Å². The van der Waals surface area contributed by atoms with Gasteiger partial charge in [0.25, 0.3) is 10.0 Å². The van der Waals surface area contributed by atoms with Crippen LogP contribution < -0.4 is 9.04 Å². The molecule has 1 heterocycles. The number of aromatic nitrogens is 1. The molecule has 0 aliphatic carbocycles. The summed E-state index contributed by atoms with van der Waals surface area (Å²) in [6, 6.07) is 23.2. The smallest absolute Gasteiger partial charge is 0.265 e. The molecular formula is C28H29N3O4S. The minimum absolute atomic E-state index is 0.145. The van der Waals surface area contributed by atoms with Crippen LogP contribution in [0.1, 0.15) is 18.1 Å². The Morgan fingerprint density at radius 3 is 2.39 bits per heavy atom. The van der Waals surface area contributed by atoms with Gasteiger partial charge in [0.2, 0.25) is 5.91 Å². The van der Waals surface area contributed by atoms with Crippen molar-refractivity contribution in [3.05, 3.63) is 96.2 Å². The number of hydrogen-bond donors (Lipinski definition) is 0. The number of rotatable bonds is 9. The highest BCUT2D eigenvalue weighted by atomic mass is 32.2. The quantitative estimate of drug-likeness (QED) is 0.328. The van der Waals surface area contributed by atoms with Crippen LogP contribution in [0.4, 0.5) is 5.69 Å². The maximum absolute atomic E-state index is 13.9. The lowest BCUT2D eigenvalue weighted by atomic mass is 10.1. The fraction of sp³-hybridized carbons (Fsp3) is 0.214. The standard InChI is InChI=1S/C28H29N3O4S/c1-4-30(19-22-17-18-29-24-13-7-6-12-23(22)24)28(32)20-31(25-14-8-9-15-26(25)35-3)36(33,34)27-16-10-5-11-21(27)2/h5-18H,4,19-20H2,1-3H3. The molecule has 1 aromatic heterocycles. The van der Waals surface area contributed by atoms with Crippen molar-refractivity contribution in [1.29, 1.82) is 0 Å². The number of likely N-dealkylation sites (N-methyl/N-ethyl adjacent to an activating group) is 1. The van der Waals surface area contributed by atoms with E-state index in [0.29, 0.717) is 30.1 Å². The zero-order chi connectivity index (χ0) is 25.7. The zero-order valence-electron chi connectivity index (χ0n) is 20.6. The molecule has 0 spiro atoms. The number of amides is 1. The summed E-state index contributed by atoms with van der Waals surface area (Å²) in [5.74, 6) is 0.0482. The molecule has 7 nitrogen and oxygen atoms in total. The third-order valence-corrected chi connectivity index (χ3v) is 8.05. The fourth-order valence-corrected chi connectivity index (χ4v) is 5.85. The van der Waals surface area contributed by atoms with Gasteiger partial charge in [0.15, 0.2) is 0 Å². The number of hydrogen-bond acceptors (Lipinski definition) is 5. The minimum atomic E-state index is -4.07. The summed E-state index contributed by atoms with van der Waals surface area (Å²) in [5.41, 5.74) is 2.69. The van der Waals surface area contributed by atoms with E-state index < -0.39 is 10.0 Å². The van der Waals surface area contributed by atoms with Gasteiger partial charge in [0.05, 0.1) is 23.2 Å². The molecular weight excluding hydrogens is 474 g/mol. The Labute approximate surface area is 212 Å². The average Bonchev–Trinajstić information content (AvgIpc) is 2.90. The van der Waals surface area contributed by atoms with E-state index in [1.807, 2.05) is 37.3 Å². The Balaban J connectivity index is 1.72. The summed E-state index contributed by atoms with van der Waals surface area (Å²) in [6.45, 7) is 4.00. The van der Waals surface area contributed by atoms with Gasteiger partial charge >= 0.3 is 0 Å². The highest BCUT2D eigenvalue weighted by molar-refractivity contribution is 7.93. The van der Waals surface area contributed by atoms with E-state index in [1.165, 1.54) is 7.11 Å². The topological polar surface area (TPSA) is 79.8 Å². The summed E-state index contributed by atoms with van der Waals surface area (Å²) in [6.07, 6.45) is 1.72. The Morgan fingerprint density at radius 1 is 0.944 bits per heavy atom. The van der Waals surface area contributed by atoms with Crippen molar-refractivity contribution in [2.75, 3.05) is 24.5 Å². The molecule has 3 aromatic carbocycles. The van der Waals surface area contributed by atoms with Crippen LogP contribution in [-0.2, 0) is 21.4 Å². The molecule has 0 aliphatic rings. The normalized spacial score (nSPS) is 11.3. The van der Waals surface area contributed by atoms with Gasteiger partial charge in [-0.15, -0.1) is 0 Å². The van der Waals surface area contributed by atoms with Gasteiger partial charge < -0.3 is 9.64 Å². The van der Waals surface area contributed by atoms with Crippen molar-refractivity contribution in [1.82, 2.24) is 9.88 Å². The number of fused-ring (bicyclic) bond motifs is 1. The highest BCUT2D eigenvalue weighted by Crippen LogP contribution is 2.33. The van der Waals surface area contributed by atoms with Crippen molar-refractivity contribution in [3.63, 3.8) is 0 Å². The second-order valence-electron chi connectivity index (χ2n) is 8.34. The van der Waals surface area contributed by atoms with E-state index in [-0.39, 0.29) is 17.3 Å².